The molecule has 0 spiro atoms. The largest absolute Gasteiger partial charge is 0.0805 e. The third-order valence-electron chi connectivity index (χ3n) is 5.87. The summed E-state index contributed by atoms with van der Waals surface area (Å²) in [7, 11) is -1.08. The molecule has 1 saturated heterocycles. The van der Waals surface area contributed by atoms with Gasteiger partial charge in [0.1, 0.15) is 0 Å². The van der Waals surface area contributed by atoms with Gasteiger partial charge in [-0.2, -0.15) is 0 Å². The first kappa shape index (κ1) is 13.1. The predicted octanol–water partition coefficient (Wildman–Crippen LogP) is 5.70. The molecule has 0 aromatic rings. The van der Waals surface area contributed by atoms with Gasteiger partial charge in [-0.25, -0.2) is 0 Å². The molecule has 1 heterocycles. The van der Waals surface area contributed by atoms with Crippen molar-refractivity contribution in [2.24, 2.45) is 0 Å². The van der Waals surface area contributed by atoms with Crippen LogP contribution in [0.25, 0.3) is 0 Å². The monoisotopic (exact) mass is 248 g/mol. The molecule has 1 fully saturated rings. The number of allylic oxidation sites excluding steroid dienone is 4. The minimum atomic E-state index is -1.08. The van der Waals surface area contributed by atoms with E-state index in [2.05, 4.69) is 39.0 Å². The molecular formula is C16H28Si. The molecular weight excluding hydrogens is 220 g/mol. The van der Waals surface area contributed by atoms with Crippen LogP contribution in [0.15, 0.2) is 23.8 Å². The number of hydrogen-bond acceptors (Lipinski definition) is 0. The van der Waals surface area contributed by atoms with E-state index in [9.17, 15) is 0 Å². The summed E-state index contributed by atoms with van der Waals surface area (Å²) >= 11 is 0. The van der Waals surface area contributed by atoms with Gasteiger partial charge in [0.2, 0.25) is 0 Å². The highest BCUT2D eigenvalue weighted by Gasteiger charge is 2.52. The van der Waals surface area contributed by atoms with E-state index >= 15 is 0 Å². The lowest BCUT2D eigenvalue weighted by atomic mass is 9.88. The minimum Gasteiger partial charge on any atom is -0.0805 e. The molecule has 0 N–H and O–H groups in total. The Morgan fingerprint density at radius 2 is 1.94 bits per heavy atom. The lowest BCUT2D eigenvalue weighted by molar-refractivity contribution is 0.470. The van der Waals surface area contributed by atoms with Crippen LogP contribution in [-0.4, -0.2) is 8.07 Å². The van der Waals surface area contributed by atoms with E-state index in [1.54, 1.807) is 11.6 Å². The van der Waals surface area contributed by atoms with Crippen molar-refractivity contribution in [2.75, 3.05) is 0 Å². The maximum atomic E-state index is 2.48. The maximum Gasteiger partial charge on any atom is 0.0638 e. The summed E-state index contributed by atoms with van der Waals surface area (Å²) in [4.78, 5) is 0. The van der Waals surface area contributed by atoms with Gasteiger partial charge in [0.25, 0.3) is 0 Å². The van der Waals surface area contributed by atoms with Crippen molar-refractivity contribution in [1.29, 1.82) is 0 Å². The average Bonchev–Trinajstić information content (AvgIpc) is 2.92. The van der Waals surface area contributed by atoms with Crippen molar-refractivity contribution in [1.82, 2.24) is 0 Å². The molecule has 0 amide bonds. The first-order valence-corrected chi connectivity index (χ1v) is 10.2. The van der Waals surface area contributed by atoms with E-state index < -0.39 is 8.07 Å². The van der Waals surface area contributed by atoms with Crippen molar-refractivity contribution in [2.45, 2.75) is 76.0 Å². The van der Waals surface area contributed by atoms with Gasteiger partial charge in [-0.15, -0.1) is 0 Å². The fourth-order valence-corrected chi connectivity index (χ4v) is 11.0. The Labute approximate surface area is 108 Å². The summed E-state index contributed by atoms with van der Waals surface area (Å²) in [5.41, 5.74) is 1.80. The molecule has 0 radical (unpaired) electrons. The minimum absolute atomic E-state index is 0.651. The molecule has 0 nitrogen and oxygen atoms in total. The van der Waals surface area contributed by atoms with Crippen molar-refractivity contribution in [3.8, 4) is 0 Å². The SMILES string of the molecule is CCC1(C2=CC=CC2)CCCC[Si]1(CC)CC. The van der Waals surface area contributed by atoms with E-state index in [0.29, 0.717) is 5.04 Å². The summed E-state index contributed by atoms with van der Waals surface area (Å²) in [5.74, 6) is 0. The summed E-state index contributed by atoms with van der Waals surface area (Å²) in [5, 5.41) is 0.651. The highest BCUT2D eigenvalue weighted by atomic mass is 28.3. The van der Waals surface area contributed by atoms with E-state index in [1.807, 2.05) is 0 Å². The Morgan fingerprint density at radius 1 is 1.18 bits per heavy atom. The Bertz CT molecular complexity index is 322. The molecule has 1 aliphatic carbocycles. The highest BCUT2D eigenvalue weighted by molar-refractivity contribution is 6.83. The fraction of sp³-hybridized carbons (Fsp3) is 0.750. The summed E-state index contributed by atoms with van der Waals surface area (Å²) in [6.45, 7) is 7.42. The first-order valence-electron chi connectivity index (χ1n) is 7.61. The maximum absolute atomic E-state index is 2.48. The van der Waals surface area contributed by atoms with Gasteiger partial charge in [0.15, 0.2) is 0 Å². The summed E-state index contributed by atoms with van der Waals surface area (Å²) in [6.07, 6.45) is 14.2. The van der Waals surface area contributed by atoms with Gasteiger partial charge in [0, 0.05) is 0 Å². The van der Waals surface area contributed by atoms with Gasteiger partial charge in [0.05, 0.1) is 8.07 Å². The van der Waals surface area contributed by atoms with Crippen LogP contribution in [0.5, 0.6) is 0 Å². The van der Waals surface area contributed by atoms with Gasteiger partial charge in [-0.1, -0.05) is 75.5 Å². The van der Waals surface area contributed by atoms with Gasteiger partial charge < -0.3 is 0 Å². The third-order valence-corrected chi connectivity index (χ3v) is 12.8. The molecule has 0 saturated carbocycles. The second kappa shape index (κ2) is 5.13. The summed E-state index contributed by atoms with van der Waals surface area (Å²) in [6, 6.07) is 4.58. The molecule has 1 atom stereocenters. The van der Waals surface area contributed by atoms with Crippen LogP contribution in [0, 0.1) is 0 Å². The molecule has 1 heteroatoms. The quantitative estimate of drug-likeness (QED) is 0.560. The predicted molar refractivity (Wildman–Crippen MR) is 80.2 cm³/mol. The van der Waals surface area contributed by atoms with Crippen LogP contribution in [0.4, 0.5) is 0 Å². The van der Waals surface area contributed by atoms with Gasteiger partial charge in [-0.05, 0) is 24.3 Å². The number of rotatable bonds is 4. The van der Waals surface area contributed by atoms with Crippen molar-refractivity contribution in [3.63, 3.8) is 0 Å². The van der Waals surface area contributed by atoms with Crippen molar-refractivity contribution < 1.29 is 0 Å². The van der Waals surface area contributed by atoms with Crippen molar-refractivity contribution in [3.05, 3.63) is 23.8 Å². The zero-order valence-corrected chi connectivity index (χ0v) is 12.9. The van der Waals surface area contributed by atoms with Crippen LogP contribution in [-0.2, 0) is 0 Å². The Morgan fingerprint density at radius 3 is 2.47 bits per heavy atom. The standard InChI is InChI=1S/C16H28Si/c1-4-16(15-11-7-8-12-15)13-9-10-14-17(16,5-2)6-3/h7-8,11H,4-6,9-10,12-14H2,1-3H3. The highest BCUT2D eigenvalue weighted by Crippen LogP contribution is 2.61. The average molecular weight is 248 g/mol. The lowest BCUT2D eigenvalue weighted by Crippen LogP contribution is -2.49. The molecule has 2 rings (SSSR count). The fourth-order valence-electron chi connectivity index (χ4n) is 4.76. The smallest absolute Gasteiger partial charge is 0.0638 e. The topological polar surface area (TPSA) is 0 Å². The zero-order chi connectivity index (χ0) is 12.4. The van der Waals surface area contributed by atoms with Gasteiger partial charge >= 0.3 is 0 Å². The second-order valence-corrected chi connectivity index (χ2v) is 11.4. The van der Waals surface area contributed by atoms with E-state index in [0.717, 1.165) is 0 Å². The Balaban J connectivity index is 2.40. The van der Waals surface area contributed by atoms with Crippen LogP contribution in [0.1, 0.15) is 52.9 Å². The van der Waals surface area contributed by atoms with Crippen LogP contribution in [0.3, 0.4) is 0 Å². The van der Waals surface area contributed by atoms with Crippen LogP contribution < -0.4 is 0 Å². The van der Waals surface area contributed by atoms with Crippen molar-refractivity contribution >= 4 is 8.07 Å². The van der Waals surface area contributed by atoms with E-state index in [-0.39, 0.29) is 0 Å². The molecule has 96 valence electrons. The number of hydrogen-bond donors (Lipinski definition) is 0. The molecule has 17 heavy (non-hydrogen) atoms. The van der Waals surface area contributed by atoms with E-state index in [1.165, 1.54) is 44.2 Å². The lowest BCUT2D eigenvalue weighted by Gasteiger charge is -2.53. The molecule has 0 aromatic carbocycles. The molecule has 2 aliphatic rings. The molecule has 1 unspecified atom stereocenters. The summed E-state index contributed by atoms with van der Waals surface area (Å²) < 4.78 is 0. The molecule has 1 aliphatic heterocycles. The Kier molecular flexibility index (Phi) is 3.97. The third kappa shape index (κ3) is 1.87. The molecule has 0 aromatic heterocycles. The Hall–Kier alpha value is -0.303. The first-order chi connectivity index (χ1) is 8.24. The normalized spacial score (nSPS) is 31.6. The van der Waals surface area contributed by atoms with E-state index in [4.69, 9.17) is 0 Å². The zero-order valence-electron chi connectivity index (χ0n) is 11.9. The second-order valence-electron chi connectivity index (χ2n) is 5.95. The van der Waals surface area contributed by atoms with Crippen LogP contribution >= 0.6 is 0 Å². The van der Waals surface area contributed by atoms with Gasteiger partial charge in [-0.3, -0.25) is 0 Å². The molecule has 0 bridgehead atoms. The van der Waals surface area contributed by atoms with Crippen LogP contribution in [0.2, 0.25) is 23.2 Å².